The van der Waals surface area contributed by atoms with Gasteiger partial charge in [0.05, 0.1) is 6.54 Å². The number of carbonyl (C=O) groups is 2. The number of nitrogens with zero attached hydrogens (tertiary/aromatic N) is 3. The molecule has 2 aromatic rings. The predicted octanol–water partition coefficient (Wildman–Crippen LogP) is 4.62. The van der Waals surface area contributed by atoms with Gasteiger partial charge < -0.3 is 14.4 Å². The van der Waals surface area contributed by atoms with Crippen molar-refractivity contribution in [3.8, 4) is 0 Å². The van der Waals surface area contributed by atoms with E-state index >= 15 is 0 Å². The Kier molecular flexibility index (Phi) is 7.88. The number of aromatic nitrogens is 1. The number of amides is 2. The van der Waals surface area contributed by atoms with Crippen LogP contribution in [0.5, 0.6) is 0 Å². The summed E-state index contributed by atoms with van der Waals surface area (Å²) in [6, 6.07) is 9.76. The van der Waals surface area contributed by atoms with E-state index in [1.165, 1.54) is 12.1 Å². The second-order valence-electron chi connectivity index (χ2n) is 9.01. The van der Waals surface area contributed by atoms with Crippen LogP contribution in [0.2, 0.25) is 0 Å². The van der Waals surface area contributed by atoms with Crippen molar-refractivity contribution in [3.05, 3.63) is 59.7 Å². The molecular weight excluding hydrogens is 393 g/mol. The van der Waals surface area contributed by atoms with E-state index in [1.807, 2.05) is 34.8 Å². The third kappa shape index (κ3) is 6.18. The van der Waals surface area contributed by atoms with Crippen molar-refractivity contribution in [2.75, 3.05) is 13.1 Å². The van der Waals surface area contributed by atoms with Gasteiger partial charge in [-0.25, -0.2) is 4.39 Å². The lowest BCUT2D eigenvalue weighted by atomic mass is 9.93. The normalized spacial score (nSPS) is 14.6. The predicted molar refractivity (Wildman–Crippen MR) is 120 cm³/mol. The summed E-state index contributed by atoms with van der Waals surface area (Å²) in [6.45, 7) is 5.32. The van der Waals surface area contributed by atoms with Gasteiger partial charge in [-0.05, 0) is 49.1 Å². The number of aryl methyl sites for hydroxylation is 1. The molecule has 1 saturated carbocycles. The van der Waals surface area contributed by atoms with Crippen LogP contribution in [0.1, 0.15) is 62.0 Å². The van der Waals surface area contributed by atoms with E-state index in [9.17, 15) is 14.0 Å². The third-order valence-corrected chi connectivity index (χ3v) is 6.00. The first-order valence-corrected chi connectivity index (χ1v) is 11.3. The lowest BCUT2D eigenvalue weighted by Crippen LogP contribution is -2.48. The zero-order valence-corrected chi connectivity index (χ0v) is 18.9. The molecule has 0 N–H and O–H groups in total. The van der Waals surface area contributed by atoms with Crippen molar-refractivity contribution in [2.24, 2.45) is 13.0 Å². The van der Waals surface area contributed by atoms with Gasteiger partial charge in [-0.1, -0.05) is 39.2 Å². The van der Waals surface area contributed by atoms with Gasteiger partial charge >= 0.3 is 0 Å². The van der Waals surface area contributed by atoms with Gasteiger partial charge in [-0.2, -0.15) is 0 Å². The van der Waals surface area contributed by atoms with Crippen LogP contribution < -0.4 is 0 Å². The first kappa shape index (κ1) is 23.0. The molecule has 6 heteroatoms. The van der Waals surface area contributed by atoms with Crippen molar-refractivity contribution in [2.45, 2.75) is 58.5 Å². The second kappa shape index (κ2) is 10.6. The highest BCUT2D eigenvalue weighted by molar-refractivity contribution is 5.96. The average Bonchev–Trinajstić information content (AvgIpc) is 3.15. The summed E-state index contributed by atoms with van der Waals surface area (Å²) >= 11 is 0. The summed E-state index contributed by atoms with van der Waals surface area (Å²) in [5.41, 5.74) is 1.35. The van der Waals surface area contributed by atoms with Gasteiger partial charge in [0, 0.05) is 37.1 Å². The van der Waals surface area contributed by atoms with Crippen LogP contribution in [0.3, 0.4) is 0 Å². The van der Waals surface area contributed by atoms with Crippen LogP contribution >= 0.6 is 0 Å². The van der Waals surface area contributed by atoms with Crippen molar-refractivity contribution in [3.63, 3.8) is 0 Å². The van der Waals surface area contributed by atoms with Gasteiger partial charge in [0.2, 0.25) is 5.91 Å². The largest absolute Gasteiger partial charge is 0.353 e. The maximum Gasteiger partial charge on any atom is 0.254 e. The summed E-state index contributed by atoms with van der Waals surface area (Å²) in [5.74, 6) is -0.453. The highest BCUT2D eigenvalue weighted by Gasteiger charge is 2.30. The molecule has 0 bridgehead atoms. The molecule has 1 fully saturated rings. The zero-order valence-electron chi connectivity index (χ0n) is 18.9. The zero-order chi connectivity index (χ0) is 22.4. The third-order valence-electron chi connectivity index (χ3n) is 6.00. The van der Waals surface area contributed by atoms with Crippen LogP contribution in [0.25, 0.3) is 0 Å². The Morgan fingerprint density at radius 2 is 1.87 bits per heavy atom. The number of halogens is 1. The van der Waals surface area contributed by atoms with Crippen LogP contribution in [-0.2, 0) is 18.4 Å². The first-order chi connectivity index (χ1) is 14.8. The minimum absolute atomic E-state index is 0.0180. The van der Waals surface area contributed by atoms with Crippen LogP contribution in [0.4, 0.5) is 4.39 Å². The van der Waals surface area contributed by atoms with E-state index in [4.69, 9.17) is 0 Å². The summed E-state index contributed by atoms with van der Waals surface area (Å²) in [4.78, 5) is 30.3. The number of rotatable bonds is 8. The summed E-state index contributed by atoms with van der Waals surface area (Å²) < 4.78 is 15.8. The van der Waals surface area contributed by atoms with E-state index in [-0.39, 0.29) is 24.4 Å². The molecule has 0 spiro atoms. The Balaban J connectivity index is 1.82. The van der Waals surface area contributed by atoms with Gasteiger partial charge in [0.25, 0.3) is 5.91 Å². The molecule has 1 aromatic heterocycles. The van der Waals surface area contributed by atoms with Crippen LogP contribution in [-0.4, -0.2) is 45.3 Å². The molecule has 0 aliphatic heterocycles. The molecule has 31 heavy (non-hydrogen) atoms. The van der Waals surface area contributed by atoms with Crippen molar-refractivity contribution in [1.82, 2.24) is 14.4 Å². The fourth-order valence-corrected chi connectivity index (χ4v) is 4.34. The molecule has 0 unspecified atom stereocenters. The Morgan fingerprint density at radius 1 is 1.13 bits per heavy atom. The molecule has 2 amide bonds. The second-order valence-corrected chi connectivity index (χ2v) is 9.01. The van der Waals surface area contributed by atoms with Gasteiger partial charge in [0.1, 0.15) is 12.4 Å². The van der Waals surface area contributed by atoms with Crippen LogP contribution in [0, 0.1) is 11.7 Å². The van der Waals surface area contributed by atoms with Crippen molar-refractivity contribution < 1.29 is 14.0 Å². The Morgan fingerprint density at radius 3 is 2.48 bits per heavy atom. The first-order valence-electron chi connectivity index (χ1n) is 11.3. The maximum absolute atomic E-state index is 13.8. The number of hydrogen-bond acceptors (Lipinski definition) is 2. The molecule has 168 valence electrons. The molecular formula is C25H34FN3O2. The Hall–Kier alpha value is -2.63. The average molecular weight is 428 g/mol. The topological polar surface area (TPSA) is 45.6 Å². The van der Waals surface area contributed by atoms with Crippen LogP contribution in [0.15, 0.2) is 42.6 Å². The van der Waals surface area contributed by atoms with Crippen molar-refractivity contribution in [1.29, 1.82) is 0 Å². The Bertz CT molecular complexity index is 886. The van der Waals surface area contributed by atoms with E-state index < -0.39 is 5.82 Å². The van der Waals surface area contributed by atoms with E-state index in [0.717, 1.165) is 37.8 Å². The molecule has 5 nitrogen and oxygen atoms in total. The quantitative estimate of drug-likeness (QED) is 0.617. The smallest absolute Gasteiger partial charge is 0.254 e. The fourth-order valence-electron chi connectivity index (χ4n) is 4.34. The summed E-state index contributed by atoms with van der Waals surface area (Å²) in [5, 5.41) is 0. The molecule has 3 rings (SSSR count). The number of carbonyl (C=O) groups excluding carboxylic acids is 2. The van der Waals surface area contributed by atoms with E-state index in [1.54, 1.807) is 17.0 Å². The highest BCUT2D eigenvalue weighted by Crippen LogP contribution is 2.25. The number of benzene rings is 1. The minimum atomic E-state index is -0.439. The SMILES string of the molecule is CC(C)CN(Cc1cccn1C)C(=O)CN(C(=O)c1cccc(F)c1)C1CCCCC1. The fraction of sp³-hybridized carbons (Fsp3) is 0.520. The van der Waals surface area contributed by atoms with Crippen molar-refractivity contribution >= 4 is 11.8 Å². The molecule has 0 atom stereocenters. The van der Waals surface area contributed by atoms with Gasteiger partial charge in [-0.3, -0.25) is 9.59 Å². The molecule has 1 heterocycles. The standard InChI is InChI=1S/C25H34FN3O2/c1-19(2)16-28(17-23-13-8-14-27(23)3)24(30)18-29(22-11-5-4-6-12-22)25(31)20-9-7-10-21(26)15-20/h7-10,13-15,19,22H,4-6,11-12,16-18H2,1-3H3. The van der Waals surface area contributed by atoms with E-state index in [0.29, 0.717) is 24.6 Å². The lowest BCUT2D eigenvalue weighted by molar-refractivity contribution is -0.133. The summed E-state index contributed by atoms with van der Waals surface area (Å²) in [6.07, 6.45) is 6.98. The monoisotopic (exact) mass is 427 g/mol. The van der Waals surface area contributed by atoms with Gasteiger partial charge in [0.15, 0.2) is 0 Å². The van der Waals surface area contributed by atoms with Gasteiger partial charge in [-0.15, -0.1) is 0 Å². The van der Waals surface area contributed by atoms with E-state index in [2.05, 4.69) is 13.8 Å². The molecule has 1 aliphatic carbocycles. The minimum Gasteiger partial charge on any atom is -0.353 e. The molecule has 1 aromatic carbocycles. The lowest BCUT2D eigenvalue weighted by Gasteiger charge is -2.36. The highest BCUT2D eigenvalue weighted by atomic mass is 19.1. The molecule has 1 aliphatic rings. The molecule has 0 saturated heterocycles. The summed E-state index contributed by atoms with van der Waals surface area (Å²) in [7, 11) is 1.97. The number of hydrogen-bond donors (Lipinski definition) is 0. The maximum atomic E-state index is 13.8. The molecule has 0 radical (unpaired) electrons. The Labute approximate surface area is 184 Å².